The molecule has 3 aromatic carbocycles. The quantitative estimate of drug-likeness (QED) is 0.509. The molecule has 0 saturated carbocycles. The van der Waals surface area contributed by atoms with E-state index in [4.69, 9.17) is 28.0 Å². The number of fused-ring (bicyclic) bond motifs is 1. The van der Waals surface area contributed by atoms with Crippen LogP contribution in [0.1, 0.15) is 11.6 Å². The summed E-state index contributed by atoms with van der Waals surface area (Å²) >= 11 is 12.5. The highest BCUT2D eigenvalue weighted by Gasteiger charge is 2.60. The van der Waals surface area contributed by atoms with Gasteiger partial charge in [-0.3, -0.25) is 14.4 Å². The molecule has 156 valence electrons. The summed E-state index contributed by atoms with van der Waals surface area (Å²) in [7, 11) is 0. The maximum absolute atomic E-state index is 14.4. The van der Waals surface area contributed by atoms with Gasteiger partial charge in [-0.2, -0.15) is 0 Å². The normalized spacial score (nSPS) is 22.9. The Kier molecular flexibility index (Phi) is 4.93. The molecule has 0 bridgehead atoms. The fourth-order valence-electron chi connectivity index (χ4n) is 4.14. The predicted molar refractivity (Wildman–Crippen MR) is 115 cm³/mol. The topological polar surface area (TPSA) is 49.9 Å². The second kappa shape index (κ2) is 7.64. The van der Waals surface area contributed by atoms with Crippen molar-refractivity contribution in [3.63, 3.8) is 0 Å². The zero-order valence-corrected chi connectivity index (χ0v) is 17.4. The van der Waals surface area contributed by atoms with Crippen LogP contribution < -0.4 is 9.96 Å². The van der Waals surface area contributed by atoms with Crippen molar-refractivity contribution < 1.29 is 18.8 Å². The second-order valence-corrected chi connectivity index (χ2v) is 8.13. The fraction of sp³-hybridized carbons (Fsp3) is 0.130. The summed E-state index contributed by atoms with van der Waals surface area (Å²) in [4.78, 5) is 33.5. The van der Waals surface area contributed by atoms with E-state index in [1.54, 1.807) is 36.4 Å². The van der Waals surface area contributed by atoms with E-state index in [0.717, 1.165) is 4.90 Å². The van der Waals surface area contributed by atoms with Crippen molar-refractivity contribution in [1.82, 2.24) is 0 Å². The molecule has 5 nitrogen and oxygen atoms in total. The molecular formula is C23H15Cl2FN2O3. The minimum absolute atomic E-state index is 0.0947. The van der Waals surface area contributed by atoms with Gasteiger partial charge in [0.2, 0.25) is 5.91 Å². The lowest BCUT2D eigenvalue weighted by Crippen LogP contribution is -2.37. The molecule has 2 saturated heterocycles. The average Bonchev–Trinajstić information content (AvgIpc) is 3.26. The lowest BCUT2D eigenvalue weighted by molar-refractivity contribution is -0.126. The standard InChI is InChI=1S/C23H15Cl2FN2O3/c24-13-10-11-15(16(25)12-13)20-19-21(31-28(20)14-6-2-1-3-7-14)23(30)27(22(19)29)18-9-5-4-8-17(18)26/h1-12,19-21H/t19-,20+,21-/m1/s1. The number of hydroxylamine groups is 1. The number of halogens is 3. The Labute approximate surface area is 187 Å². The fourth-order valence-corrected chi connectivity index (χ4v) is 4.66. The Balaban J connectivity index is 1.63. The first-order valence-electron chi connectivity index (χ1n) is 9.55. The van der Waals surface area contributed by atoms with Crippen LogP contribution in [0, 0.1) is 11.7 Å². The minimum atomic E-state index is -1.11. The first-order valence-corrected chi connectivity index (χ1v) is 10.3. The molecular weight excluding hydrogens is 442 g/mol. The highest BCUT2D eigenvalue weighted by Crippen LogP contribution is 2.49. The SMILES string of the molecule is O=C1[C@H]2[C@@H](ON(c3ccccc3)[C@H]2c2ccc(Cl)cc2Cl)C(=O)N1c1ccccc1F. The van der Waals surface area contributed by atoms with Crippen molar-refractivity contribution in [3.05, 3.63) is 94.2 Å². The van der Waals surface area contributed by atoms with Crippen LogP contribution >= 0.6 is 23.2 Å². The predicted octanol–water partition coefficient (Wildman–Crippen LogP) is 5.18. The Morgan fingerprint density at radius 3 is 2.29 bits per heavy atom. The van der Waals surface area contributed by atoms with E-state index in [9.17, 15) is 14.0 Å². The van der Waals surface area contributed by atoms with Crippen LogP contribution in [-0.4, -0.2) is 17.9 Å². The van der Waals surface area contributed by atoms with Crippen molar-refractivity contribution in [2.45, 2.75) is 12.1 Å². The molecule has 3 aromatic rings. The number of imide groups is 1. The van der Waals surface area contributed by atoms with E-state index in [-0.39, 0.29) is 5.69 Å². The van der Waals surface area contributed by atoms with Gasteiger partial charge in [0.25, 0.3) is 5.91 Å². The Bertz CT molecular complexity index is 1190. The van der Waals surface area contributed by atoms with E-state index in [0.29, 0.717) is 21.3 Å². The van der Waals surface area contributed by atoms with Crippen molar-refractivity contribution in [1.29, 1.82) is 0 Å². The van der Waals surface area contributed by atoms with Gasteiger partial charge >= 0.3 is 0 Å². The first kappa shape index (κ1) is 20.0. The van der Waals surface area contributed by atoms with Crippen LogP contribution in [0.4, 0.5) is 15.8 Å². The highest BCUT2D eigenvalue weighted by molar-refractivity contribution is 6.35. The van der Waals surface area contributed by atoms with Gasteiger partial charge in [-0.25, -0.2) is 14.4 Å². The first-order chi connectivity index (χ1) is 15.0. The summed E-state index contributed by atoms with van der Waals surface area (Å²) in [5, 5.41) is 2.31. The van der Waals surface area contributed by atoms with Gasteiger partial charge < -0.3 is 0 Å². The lowest BCUT2D eigenvalue weighted by Gasteiger charge is -2.29. The third-order valence-corrected chi connectivity index (χ3v) is 6.06. The minimum Gasteiger partial charge on any atom is -0.273 e. The molecule has 0 N–H and O–H groups in total. The monoisotopic (exact) mass is 456 g/mol. The molecule has 2 aliphatic rings. The third-order valence-electron chi connectivity index (χ3n) is 5.50. The van der Waals surface area contributed by atoms with E-state index in [1.807, 2.05) is 18.2 Å². The van der Waals surface area contributed by atoms with Crippen molar-refractivity contribution >= 4 is 46.4 Å². The molecule has 3 atom stereocenters. The van der Waals surface area contributed by atoms with Crippen LogP contribution in [0.25, 0.3) is 0 Å². The Hall–Kier alpha value is -2.93. The van der Waals surface area contributed by atoms with E-state index < -0.39 is 35.7 Å². The summed E-state index contributed by atoms with van der Waals surface area (Å²) in [6.07, 6.45) is -1.11. The number of para-hydroxylation sites is 2. The number of benzene rings is 3. The zero-order valence-electron chi connectivity index (χ0n) is 15.9. The molecule has 2 aliphatic heterocycles. The van der Waals surface area contributed by atoms with Gasteiger partial charge in [0.05, 0.1) is 17.4 Å². The van der Waals surface area contributed by atoms with Crippen molar-refractivity contribution in [3.8, 4) is 0 Å². The Morgan fingerprint density at radius 2 is 1.58 bits per heavy atom. The number of amides is 2. The molecule has 31 heavy (non-hydrogen) atoms. The second-order valence-electron chi connectivity index (χ2n) is 7.29. The molecule has 0 aliphatic carbocycles. The number of hydrogen-bond acceptors (Lipinski definition) is 4. The van der Waals surface area contributed by atoms with Gasteiger partial charge in [0.1, 0.15) is 11.7 Å². The largest absolute Gasteiger partial charge is 0.273 e. The summed E-state index contributed by atoms with van der Waals surface area (Å²) in [5.41, 5.74) is 1.15. The summed E-state index contributed by atoms with van der Waals surface area (Å²) < 4.78 is 14.4. The number of anilines is 2. The van der Waals surface area contributed by atoms with Gasteiger partial charge in [-0.15, -0.1) is 0 Å². The maximum Gasteiger partial charge on any atom is 0.266 e. The van der Waals surface area contributed by atoms with Crippen LogP contribution in [0.2, 0.25) is 10.0 Å². The molecule has 0 aromatic heterocycles. The molecule has 0 unspecified atom stereocenters. The molecule has 2 heterocycles. The maximum atomic E-state index is 14.4. The van der Waals surface area contributed by atoms with E-state index in [1.165, 1.54) is 23.3 Å². The summed E-state index contributed by atoms with van der Waals surface area (Å²) in [5.74, 6) is -2.74. The average molecular weight is 457 g/mol. The van der Waals surface area contributed by atoms with Crippen LogP contribution in [-0.2, 0) is 14.4 Å². The van der Waals surface area contributed by atoms with E-state index >= 15 is 0 Å². The highest BCUT2D eigenvalue weighted by atomic mass is 35.5. The van der Waals surface area contributed by atoms with Crippen LogP contribution in [0.3, 0.4) is 0 Å². The summed E-state index contributed by atoms with van der Waals surface area (Å²) in [6, 6.07) is 19.0. The number of carbonyl (C=O) groups excluding carboxylic acids is 2. The third kappa shape index (κ3) is 3.19. The van der Waals surface area contributed by atoms with Gasteiger partial charge in [-0.05, 0) is 42.0 Å². The number of nitrogens with zero attached hydrogens (tertiary/aromatic N) is 2. The van der Waals surface area contributed by atoms with Gasteiger partial charge in [-0.1, -0.05) is 59.6 Å². The molecule has 2 fully saturated rings. The number of carbonyl (C=O) groups is 2. The molecule has 2 amide bonds. The van der Waals surface area contributed by atoms with Gasteiger partial charge in [0.15, 0.2) is 6.10 Å². The van der Waals surface area contributed by atoms with Crippen molar-refractivity contribution in [2.75, 3.05) is 9.96 Å². The summed E-state index contributed by atoms with van der Waals surface area (Å²) in [6.45, 7) is 0. The molecule has 8 heteroatoms. The molecule has 0 spiro atoms. The molecule has 0 radical (unpaired) electrons. The van der Waals surface area contributed by atoms with Crippen molar-refractivity contribution in [2.24, 2.45) is 5.92 Å². The van der Waals surface area contributed by atoms with Gasteiger partial charge in [0, 0.05) is 10.0 Å². The van der Waals surface area contributed by atoms with E-state index in [2.05, 4.69) is 0 Å². The number of hydrogen-bond donors (Lipinski definition) is 0. The Morgan fingerprint density at radius 1 is 0.871 bits per heavy atom. The van der Waals surface area contributed by atoms with Crippen LogP contribution in [0.15, 0.2) is 72.8 Å². The lowest BCUT2D eigenvalue weighted by atomic mass is 9.90. The smallest absolute Gasteiger partial charge is 0.266 e. The van der Waals surface area contributed by atoms with Crippen LogP contribution in [0.5, 0.6) is 0 Å². The molecule has 5 rings (SSSR count). The number of rotatable bonds is 3. The zero-order chi connectivity index (χ0) is 21.7.